The van der Waals surface area contributed by atoms with Gasteiger partial charge in [0.25, 0.3) is 0 Å². The molecule has 5 rings (SSSR count). The van der Waals surface area contributed by atoms with Crippen molar-refractivity contribution >= 4 is 28.4 Å². The second-order valence-electron chi connectivity index (χ2n) is 9.26. The highest BCUT2D eigenvalue weighted by molar-refractivity contribution is 6.31. The molecule has 2 heterocycles. The van der Waals surface area contributed by atoms with E-state index in [1.165, 1.54) is 0 Å². The van der Waals surface area contributed by atoms with Crippen molar-refractivity contribution in [1.82, 2.24) is 4.57 Å². The highest BCUT2D eigenvalue weighted by atomic mass is 35.5. The number of benzene rings is 3. The Labute approximate surface area is 186 Å². The van der Waals surface area contributed by atoms with Crippen molar-refractivity contribution in [3.63, 3.8) is 0 Å². The zero-order valence-electron chi connectivity index (χ0n) is 17.8. The van der Waals surface area contributed by atoms with Crippen molar-refractivity contribution < 1.29 is 9.90 Å². The molecule has 0 radical (unpaired) electrons. The largest absolute Gasteiger partial charge is 0.390 e. The molecule has 3 aromatic carbocycles. The highest BCUT2D eigenvalue weighted by Crippen LogP contribution is 2.51. The van der Waals surface area contributed by atoms with Gasteiger partial charge in [-0.05, 0) is 56.5 Å². The normalized spacial score (nSPS) is 18.2. The van der Waals surface area contributed by atoms with Gasteiger partial charge in [-0.1, -0.05) is 66.2 Å². The lowest BCUT2D eigenvalue weighted by Crippen LogP contribution is -2.45. The number of carbonyl (C=O) groups is 1. The first kappa shape index (κ1) is 20.0. The molecular weight excluding hydrogens is 406 g/mol. The van der Waals surface area contributed by atoms with Crippen LogP contribution in [0.3, 0.4) is 0 Å². The van der Waals surface area contributed by atoms with Crippen molar-refractivity contribution in [2.45, 2.75) is 38.2 Å². The van der Waals surface area contributed by atoms with Crippen LogP contribution in [0.4, 0.5) is 0 Å². The van der Waals surface area contributed by atoms with Gasteiger partial charge in [-0.25, -0.2) is 0 Å². The van der Waals surface area contributed by atoms with Gasteiger partial charge in [0, 0.05) is 21.5 Å². The number of hydrogen-bond donors (Lipinski definition) is 1. The Hall–Kier alpha value is -2.88. The fourth-order valence-electron chi connectivity index (χ4n) is 5.18. The highest BCUT2D eigenvalue weighted by Gasteiger charge is 2.47. The Bertz CT molecular complexity index is 1330. The van der Waals surface area contributed by atoms with Crippen molar-refractivity contribution in [3.05, 3.63) is 83.4 Å². The summed E-state index contributed by atoms with van der Waals surface area (Å²) < 4.78 is 1.85. The van der Waals surface area contributed by atoms with Crippen LogP contribution < -0.4 is 0 Å². The summed E-state index contributed by atoms with van der Waals surface area (Å²) in [5.74, 6) is -0.0437. The van der Waals surface area contributed by atoms with Crippen LogP contribution in [0.15, 0.2) is 72.8 Å². The van der Waals surface area contributed by atoms with E-state index in [0.717, 1.165) is 38.9 Å². The third kappa shape index (κ3) is 3.03. The molecule has 0 saturated heterocycles. The molecule has 1 aliphatic heterocycles. The van der Waals surface area contributed by atoms with Crippen LogP contribution in [0.2, 0.25) is 5.02 Å². The average Bonchev–Trinajstić information content (AvgIpc) is 3.07. The molecule has 4 aromatic rings. The Morgan fingerprint density at radius 2 is 1.68 bits per heavy atom. The molecular formula is C27H24ClNO2. The van der Waals surface area contributed by atoms with Crippen LogP contribution in [0.1, 0.15) is 37.6 Å². The standard InChI is InChI=1S/C27H24ClNO2/c1-26(2,31)16-27(3)21-15-18(28)13-14-19(21)24-23(17-9-5-4-6-10-17)20-11-7-8-12-22(20)29(24)25(27)30/h4-15,31H,16H2,1-3H3/t27-/m1/s1. The van der Waals surface area contributed by atoms with Crippen LogP contribution in [0.5, 0.6) is 0 Å². The second kappa shape index (κ2) is 6.81. The van der Waals surface area contributed by atoms with E-state index >= 15 is 0 Å². The molecule has 1 N–H and O–H groups in total. The van der Waals surface area contributed by atoms with E-state index in [1.807, 2.05) is 66.1 Å². The number of carbonyl (C=O) groups excluding carboxylic acids is 1. The Kier molecular flexibility index (Phi) is 4.40. The number of nitrogens with zero attached hydrogens (tertiary/aromatic N) is 1. The van der Waals surface area contributed by atoms with E-state index in [4.69, 9.17) is 11.6 Å². The summed E-state index contributed by atoms with van der Waals surface area (Å²) in [7, 11) is 0. The molecule has 1 atom stereocenters. The van der Waals surface area contributed by atoms with Gasteiger partial charge in [0.05, 0.1) is 22.2 Å². The summed E-state index contributed by atoms with van der Waals surface area (Å²) in [5, 5.41) is 12.3. The summed E-state index contributed by atoms with van der Waals surface area (Å²) >= 11 is 6.40. The minimum absolute atomic E-state index is 0.0437. The van der Waals surface area contributed by atoms with Gasteiger partial charge in [-0.3, -0.25) is 9.36 Å². The third-order valence-electron chi connectivity index (χ3n) is 6.23. The van der Waals surface area contributed by atoms with Crippen molar-refractivity contribution in [3.8, 4) is 22.4 Å². The molecule has 0 spiro atoms. The van der Waals surface area contributed by atoms with Gasteiger partial charge < -0.3 is 5.11 Å². The maximum Gasteiger partial charge on any atom is 0.242 e. The molecule has 156 valence electrons. The number of halogens is 1. The molecule has 4 heteroatoms. The molecule has 0 unspecified atom stereocenters. The lowest BCUT2D eigenvalue weighted by atomic mass is 9.70. The van der Waals surface area contributed by atoms with Crippen molar-refractivity contribution in [1.29, 1.82) is 0 Å². The molecule has 1 aliphatic rings. The molecule has 0 fully saturated rings. The van der Waals surface area contributed by atoms with E-state index in [1.54, 1.807) is 13.8 Å². The van der Waals surface area contributed by atoms with E-state index in [9.17, 15) is 9.90 Å². The van der Waals surface area contributed by atoms with Gasteiger partial charge in [-0.15, -0.1) is 0 Å². The number of para-hydroxylation sites is 1. The molecule has 0 saturated carbocycles. The molecule has 0 aliphatic carbocycles. The van der Waals surface area contributed by atoms with E-state index in [-0.39, 0.29) is 5.91 Å². The Morgan fingerprint density at radius 1 is 1.00 bits per heavy atom. The molecule has 31 heavy (non-hydrogen) atoms. The zero-order chi connectivity index (χ0) is 22.0. The van der Waals surface area contributed by atoms with Crippen LogP contribution in [-0.4, -0.2) is 21.2 Å². The average molecular weight is 430 g/mol. The summed E-state index contributed by atoms with van der Waals surface area (Å²) in [6.07, 6.45) is 0.290. The zero-order valence-corrected chi connectivity index (χ0v) is 18.6. The predicted octanol–water partition coefficient (Wildman–Crippen LogP) is 6.70. The lowest BCUT2D eigenvalue weighted by Gasteiger charge is -2.39. The van der Waals surface area contributed by atoms with Gasteiger partial charge in [-0.2, -0.15) is 0 Å². The molecule has 0 bridgehead atoms. The predicted molar refractivity (Wildman–Crippen MR) is 127 cm³/mol. The summed E-state index contributed by atoms with van der Waals surface area (Å²) in [6.45, 7) is 5.41. The maximum absolute atomic E-state index is 14.2. The monoisotopic (exact) mass is 429 g/mol. The van der Waals surface area contributed by atoms with E-state index < -0.39 is 11.0 Å². The number of hydrogen-bond acceptors (Lipinski definition) is 2. The number of fused-ring (bicyclic) bond motifs is 5. The maximum atomic E-state index is 14.2. The van der Waals surface area contributed by atoms with Gasteiger partial charge >= 0.3 is 0 Å². The number of aromatic nitrogens is 1. The fraction of sp³-hybridized carbons (Fsp3) is 0.222. The first-order chi connectivity index (χ1) is 14.7. The Balaban J connectivity index is 1.94. The minimum Gasteiger partial charge on any atom is -0.390 e. The van der Waals surface area contributed by atoms with E-state index in [2.05, 4.69) is 18.2 Å². The van der Waals surface area contributed by atoms with Crippen LogP contribution in [0.25, 0.3) is 33.3 Å². The van der Waals surface area contributed by atoms with Crippen LogP contribution in [0, 0.1) is 0 Å². The van der Waals surface area contributed by atoms with Crippen LogP contribution in [-0.2, 0) is 5.41 Å². The fourth-order valence-corrected chi connectivity index (χ4v) is 5.35. The summed E-state index contributed by atoms with van der Waals surface area (Å²) in [5.41, 5.74) is 3.77. The van der Waals surface area contributed by atoms with Gasteiger partial charge in [0.15, 0.2) is 0 Å². The second-order valence-corrected chi connectivity index (χ2v) is 9.70. The smallest absolute Gasteiger partial charge is 0.242 e. The number of aliphatic hydroxyl groups is 1. The summed E-state index contributed by atoms with van der Waals surface area (Å²) in [6, 6.07) is 24.0. The number of rotatable bonds is 3. The Morgan fingerprint density at radius 3 is 2.39 bits per heavy atom. The van der Waals surface area contributed by atoms with Gasteiger partial charge in [0.2, 0.25) is 5.91 Å². The lowest BCUT2D eigenvalue weighted by molar-refractivity contribution is 0.0378. The first-order valence-electron chi connectivity index (χ1n) is 10.5. The first-order valence-corrected chi connectivity index (χ1v) is 10.8. The van der Waals surface area contributed by atoms with E-state index in [0.29, 0.717) is 11.4 Å². The minimum atomic E-state index is -1.02. The topological polar surface area (TPSA) is 42.2 Å². The molecule has 0 amide bonds. The van der Waals surface area contributed by atoms with Gasteiger partial charge in [0.1, 0.15) is 0 Å². The van der Waals surface area contributed by atoms with Crippen molar-refractivity contribution in [2.24, 2.45) is 0 Å². The SMILES string of the molecule is CC(C)(O)C[C@@]1(C)C(=O)n2c(c(-c3ccccc3)c3ccccc32)-c2ccc(Cl)cc21. The van der Waals surface area contributed by atoms with Crippen LogP contribution >= 0.6 is 11.6 Å². The molecule has 3 nitrogen and oxygen atoms in total. The quantitative estimate of drug-likeness (QED) is 0.393. The van der Waals surface area contributed by atoms with Crippen molar-refractivity contribution in [2.75, 3.05) is 0 Å². The summed E-state index contributed by atoms with van der Waals surface area (Å²) in [4.78, 5) is 14.2. The molecule has 1 aromatic heterocycles. The third-order valence-corrected chi connectivity index (χ3v) is 6.46.